The second-order valence-electron chi connectivity index (χ2n) is 6.16. The van der Waals surface area contributed by atoms with E-state index in [1.54, 1.807) is 12.3 Å². The van der Waals surface area contributed by atoms with Gasteiger partial charge >= 0.3 is 0 Å². The monoisotopic (exact) mass is 334 g/mol. The minimum atomic E-state index is 0.385. The van der Waals surface area contributed by atoms with E-state index < -0.39 is 0 Å². The van der Waals surface area contributed by atoms with Crippen LogP contribution in [0.4, 0.5) is 11.6 Å². The predicted molar refractivity (Wildman–Crippen MR) is 90.3 cm³/mol. The molecule has 0 bridgehead atoms. The van der Waals surface area contributed by atoms with Crippen molar-refractivity contribution in [1.29, 1.82) is 0 Å². The number of anilines is 2. The highest BCUT2D eigenvalue weighted by Gasteiger charge is 2.53. The normalized spacial score (nSPS) is 26.1. The van der Waals surface area contributed by atoms with Crippen molar-refractivity contribution < 1.29 is 0 Å². The van der Waals surface area contributed by atoms with E-state index >= 15 is 0 Å². The van der Waals surface area contributed by atoms with E-state index in [1.165, 1.54) is 0 Å². The third-order valence-electron chi connectivity index (χ3n) is 4.94. The van der Waals surface area contributed by atoms with Crippen LogP contribution in [0.5, 0.6) is 0 Å². The third kappa shape index (κ3) is 2.13. The maximum Gasteiger partial charge on any atom is 0.152 e. The lowest BCUT2D eigenvalue weighted by atomic mass is 10.1. The average molecular weight is 335 g/mol. The Morgan fingerprint density at radius 3 is 2.64 bits per heavy atom. The number of hydrogen-bond acceptors (Lipinski definition) is 4. The van der Waals surface area contributed by atoms with E-state index in [4.69, 9.17) is 28.9 Å². The van der Waals surface area contributed by atoms with Gasteiger partial charge in [0.25, 0.3) is 0 Å². The Kier molecular flexibility index (Phi) is 3.20. The van der Waals surface area contributed by atoms with E-state index in [2.05, 4.69) is 21.8 Å². The molecular formula is C16H16Cl2N4. The van der Waals surface area contributed by atoms with Gasteiger partial charge in [0.15, 0.2) is 5.82 Å². The summed E-state index contributed by atoms with van der Waals surface area (Å²) >= 11 is 12.3. The number of fused-ring (bicyclic) bond motifs is 1. The minimum Gasteiger partial charge on any atom is -0.382 e. The lowest BCUT2D eigenvalue weighted by molar-refractivity contribution is 0.683. The number of nitrogens with zero attached hydrogens (tertiary/aromatic N) is 3. The van der Waals surface area contributed by atoms with Gasteiger partial charge in [-0.1, -0.05) is 42.3 Å². The molecule has 1 aromatic heterocycles. The molecule has 22 heavy (non-hydrogen) atoms. The molecular weight excluding hydrogens is 319 g/mol. The molecule has 4 nitrogen and oxygen atoms in total. The fraction of sp³-hybridized carbons (Fsp3) is 0.375. The maximum atomic E-state index is 6.24. The van der Waals surface area contributed by atoms with Crippen molar-refractivity contribution in [2.75, 3.05) is 23.7 Å². The lowest BCUT2D eigenvalue weighted by Gasteiger charge is -2.20. The molecule has 1 aromatic carbocycles. The first-order chi connectivity index (χ1) is 10.6. The van der Waals surface area contributed by atoms with Gasteiger partial charge in [-0.15, -0.1) is 0 Å². The Morgan fingerprint density at radius 1 is 1.23 bits per heavy atom. The van der Waals surface area contributed by atoms with Crippen LogP contribution in [0, 0.1) is 17.8 Å². The molecule has 6 heteroatoms. The summed E-state index contributed by atoms with van der Waals surface area (Å²) in [5.74, 6) is 3.70. The fourth-order valence-electron chi connectivity index (χ4n) is 3.45. The molecule has 0 spiro atoms. The van der Waals surface area contributed by atoms with Crippen molar-refractivity contribution in [3.8, 4) is 11.3 Å². The first kappa shape index (κ1) is 14.1. The Labute approximate surface area is 139 Å². The summed E-state index contributed by atoms with van der Waals surface area (Å²) < 4.78 is 0. The van der Waals surface area contributed by atoms with Crippen molar-refractivity contribution in [2.24, 2.45) is 17.8 Å². The number of rotatable bonds is 2. The van der Waals surface area contributed by atoms with Crippen molar-refractivity contribution in [2.45, 2.75) is 6.92 Å². The molecule has 2 fully saturated rings. The van der Waals surface area contributed by atoms with Crippen molar-refractivity contribution in [3.63, 3.8) is 0 Å². The van der Waals surface area contributed by atoms with E-state index in [0.717, 1.165) is 36.7 Å². The highest BCUT2D eigenvalue weighted by atomic mass is 35.5. The van der Waals surface area contributed by atoms with Gasteiger partial charge in [-0.25, -0.2) is 9.97 Å². The standard InChI is InChI=1S/C16H16Cl2N4/c1-8-10-6-22(7-11(8)10)13-5-20-15(16(19)21-13)9-3-2-4-12(17)14(9)18/h2-5,8,10-11H,6-7H2,1H3,(H2,19,21). The summed E-state index contributed by atoms with van der Waals surface area (Å²) in [5.41, 5.74) is 7.40. The van der Waals surface area contributed by atoms with Crippen LogP contribution >= 0.6 is 23.2 Å². The second kappa shape index (κ2) is 5.00. The van der Waals surface area contributed by atoms with Crippen molar-refractivity contribution >= 4 is 34.8 Å². The summed E-state index contributed by atoms with van der Waals surface area (Å²) in [7, 11) is 0. The quantitative estimate of drug-likeness (QED) is 0.908. The molecule has 2 aromatic rings. The molecule has 1 saturated heterocycles. The Morgan fingerprint density at radius 2 is 1.95 bits per heavy atom. The summed E-state index contributed by atoms with van der Waals surface area (Å²) in [6.07, 6.45) is 1.78. The molecule has 2 heterocycles. The molecule has 114 valence electrons. The number of hydrogen-bond donors (Lipinski definition) is 1. The van der Waals surface area contributed by atoms with Gasteiger partial charge in [0.05, 0.1) is 16.2 Å². The smallest absolute Gasteiger partial charge is 0.152 e. The van der Waals surface area contributed by atoms with Crippen molar-refractivity contribution in [1.82, 2.24) is 9.97 Å². The van der Waals surface area contributed by atoms with Gasteiger partial charge in [-0.05, 0) is 23.8 Å². The number of piperidine rings is 1. The van der Waals surface area contributed by atoms with Gasteiger partial charge in [0.2, 0.25) is 0 Å². The van der Waals surface area contributed by atoms with Gasteiger partial charge in [-0.2, -0.15) is 0 Å². The first-order valence-electron chi connectivity index (χ1n) is 7.38. The van der Waals surface area contributed by atoms with Crippen LogP contribution < -0.4 is 10.6 Å². The Bertz CT molecular complexity index is 737. The molecule has 1 saturated carbocycles. The highest BCUT2D eigenvalue weighted by molar-refractivity contribution is 6.43. The fourth-order valence-corrected chi connectivity index (χ4v) is 3.84. The lowest BCUT2D eigenvalue weighted by Crippen LogP contribution is -2.25. The topological polar surface area (TPSA) is 55.0 Å². The van der Waals surface area contributed by atoms with Gasteiger partial charge in [0, 0.05) is 18.7 Å². The van der Waals surface area contributed by atoms with E-state index in [9.17, 15) is 0 Å². The van der Waals surface area contributed by atoms with Gasteiger partial charge < -0.3 is 10.6 Å². The van der Waals surface area contributed by atoms with Gasteiger partial charge in [-0.3, -0.25) is 0 Å². The zero-order chi connectivity index (χ0) is 15.4. The van der Waals surface area contributed by atoms with Crippen LogP contribution in [0.25, 0.3) is 11.3 Å². The summed E-state index contributed by atoms with van der Waals surface area (Å²) in [4.78, 5) is 11.3. The van der Waals surface area contributed by atoms with Crippen molar-refractivity contribution in [3.05, 3.63) is 34.4 Å². The van der Waals surface area contributed by atoms with Crippen LogP contribution in [-0.4, -0.2) is 23.1 Å². The van der Waals surface area contributed by atoms with E-state index in [1.807, 2.05) is 12.1 Å². The van der Waals surface area contributed by atoms with E-state index in [0.29, 0.717) is 27.1 Å². The summed E-state index contributed by atoms with van der Waals surface area (Å²) in [6.45, 7) is 4.42. The SMILES string of the molecule is CC1C2CN(c3cnc(-c4cccc(Cl)c4Cl)c(N)n3)CC12. The first-order valence-corrected chi connectivity index (χ1v) is 8.13. The summed E-state index contributed by atoms with van der Waals surface area (Å²) in [6, 6.07) is 5.41. The number of benzene rings is 1. The number of nitrogens with two attached hydrogens (primary N) is 1. The number of aromatic nitrogens is 2. The molecule has 4 rings (SSSR count). The minimum absolute atomic E-state index is 0.385. The molecule has 1 aliphatic heterocycles. The van der Waals surface area contributed by atoms with Crippen LogP contribution in [0.15, 0.2) is 24.4 Å². The van der Waals surface area contributed by atoms with Crippen LogP contribution in [0.1, 0.15) is 6.92 Å². The third-order valence-corrected chi connectivity index (χ3v) is 5.76. The molecule has 2 N–H and O–H groups in total. The van der Waals surface area contributed by atoms with Gasteiger partial charge in [0.1, 0.15) is 11.5 Å². The highest BCUT2D eigenvalue weighted by Crippen LogP contribution is 2.51. The largest absolute Gasteiger partial charge is 0.382 e. The zero-order valence-corrected chi connectivity index (χ0v) is 13.6. The maximum absolute atomic E-state index is 6.24. The molecule has 2 unspecified atom stereocenters. The zero-order valence-electron chi connectivity index (χ0n) is 12.1. The van der Waals surface area contributed by atoms with Crippen LogP contribution in [-0.2, 0) is 0 Å². The number of nitrogen functional groups attached to an aromatic ring is 1. The van der Waals surface area contributed by atoms with Crippen LogP contribution in [0.2, 0.25) is 10.0 Å². The van der Waals surface area contributed by atoms with E-state index in [-0.39, 0.29) is 0 Å². The Balaban J connectivity index is 1.65. The Hall–Kier alpha value is -1.52. The van der Waals surface area contributed by atoms with Crippen LogP contribution in [0.3, 0.4) is 0 Å². The average Bonchev–Trinajstić information content (AvgIpc) is 2.93. The predicted octanol–water partition coefficient (Wildman–Crippen LogP) is 3.73. The molecule has 2 aliphatic rings. The number of halogens is 2. The molecule has 1 aliphatic carbocycles. The molecule has 2 atom stereocenters. The second-order valence-corrected chi connectivity index (χ2v) is 6.94. The molecule has 0 radical (unpaired) electrons. The molecule has 0 amide bonds. The summed E-state index contributed by atoms with van der Waals surface area (Å²) in [5, 5.41) is 0.937.